The van der Waals surface area contributed by atoms with Crippen LogP contribution in [0.1, 0.15) is 37.8 Å². The van der Waals surface area contributed by atoms with Gasteiger partial charge in [-0.2, -0.15) is 0 Å². The monoisotopic (exact) mass is 361 g/mol. The number of Topliss-reactive ketones (excluding diaryl/α,β-unsaturated/α-hetero) is 1. The fourth-order valence-electron chi connectivity index (χ4n) is 3.67. The van der Waals surface area contributed by atoms with E-state index in [0.29, 0.717) is 37.9 Å². The number of likely N-dealkylation sites (tertiary alicyclic amines) is 1. The Morgan fingerprint density at radius 2 is 2.19 bits per heavy atom. The van der Waals surface area contributed by atoms with Crippen LogP contribution in [0.3, 0.4) is 0 Å². The Bertz CT molecular complexity index is 702. The summed E-state index contributed by atoms with van der Waals surface area (Å²) in [6.45, 7) is 0.434. The minimum Gasteiger partial charge on any atom is -0.368 e. The third-order valence-corrected chi connectivity index (χ3v) is 5.07. The molecular weight excluding hydrogens is 338 g/mol. The number of carbonyl (C=O) groups excluding carboxylic acids is 4. The molecule has 140 valence electrons. The number of rotatable bonds is 6. The van der Waals surface area contributed by atoms with E-state index in [0.717, 1.165) is 0 Å². The highest BCUT2D eigenvalue weighted by atomic mass is 16.2. The van der Waals surface area contributed by atoms with E-state index in [2.05, 4.69) is 15.3 Å². The van der Waals surface area contributed by atoms with E-state index >= 15 is 0 Å². The number of imidazole rings is 1. The molecule has 2 aliphatic rings. The second-order valence-corrected chi connectivity index (χ2v) is 6.91. The summed E-state index contributed by atoms with van der Waals surface area (Å²) in [4.78, 5) is 56.9. The number of H-pyrrole nitrogens is 1. The van der Waals surface area contributed by atoms with Gasteiger partial charge in [0, 0.05) is 43.6 Å². The quantitative estimate of drug-likeness (QED) is 0.614. The molecule has 3 atom stereocenters. The Morgan fingerprint density at radius 1 is 1.38 bits per heavy atom. The molecule has 1 aliphatic carbocycles. The van der Waals surface area contributed by atoms with Gasteiger partial charge in [-0.05, 0) is 19.3 Å². The van der Waals surface area contributed by atoms with Crippen LogP contribution in [0.15, 0.2) is 12.5 Å². The second kappa shape index (κ2) is 7.67. The summed E-state index contributed by atoms with van der Waals surface area (Å²) >= 11 is 0. The first-order valence-electron chi connectivity index (χ1n) is 8.85. The molecule has 0 spiro atoms. The van der Waals surface area contributed by atoms with Gasteiger partial charge >= 0.3 is 0 Å². The number of nitrogens with one attached hydrogen (secondary N) is 2. The Balaban J connectivity index is 1.74. The molecule has 3 unspecified atom stereocenters. The predicted octanol–water partition coefficient (Wildman–Crippen LogP) is -0.717. The van der Waals surface area contributed by atoms with Crippen LogP contribution in [-0.4, -0.2) is 57.0 Å². The molecule has 0 aromatic carbocycles. The minimum atomic E-state index is -0.835. The van der Waals surface area contributed by atoms with Crippen molar-refractivity contribution in [1.82, 2.24) is 20.2 Å². The predicted molar refractivity (Wildman–Crippen MR) is 90.5 cm³/mol. The Hall–Kier alpha value is -2.71. The number of hydrogen-bond donors (Lipinski definition) is 3. The molecule has 0 bridgehead atoms. The molecule has 2 fully saturated rings. The fraction of sp³-hybridized carbons (Fsp3) is 0.588. The van der Waals surface area contributed by atoms with Gasteiger partial charge in [-0.15, -0.1) is 0 Å². The molecular formula is C17H23N5O4. The van der Waals surface area contributed by atoms with Crippen molar-refractivity contribution in [2.75, 3.05) is 6.54 Å². The number of aromatic nitrogens is 2. The van der Waals surface area contributed by atoms with Crippen LogP contribution in [-0.2, 0) is 25.6 Å². The van der Waals surface area contributed by atoms with Crippen LogP contribution in [0.5, 0.6) is 0 Å². The molecule has 26 heavy (non-hydrogen) atoms. The summed E-state index contributed by atoms with van der Waals surface area (Å²) in [6.07, 6.45) is 5.65. The van der Waals surface area contributed by atoms with E-state index in [-0.39, 0.29) is 30.4 Å². The van der Waals surface area contributed by atoms with Gasteiger partial charge in [0.05, 0.1) is 6.33 Å². The lowest BCUT2D eigenvalue weighted by Gasteiger charge is -2.28. The molecule has 1 aromatic heterocycles. The van der Waals surface area contributed by atoms with E-state index in [9.17, 15) is 19.2 Å². The zero-order valence-electron chi connectivity index (χ0n) is 14.4. The smallest absolute Gasteiger partial charge is 0.246 e. The lowest BCUT2D eigenvalue weighted by atomic mass is 10.0. The topological polar surface area (TPSA) is 138 Å². The summed E-state index contributed by atoms with van der Waals surface area (Å²) < 4.78 is 0. The van der Waals surface area contributed by atoms with Crippen LogP contribution in [0.2, 0.25) is 0 Å². The average Bonchev–Trinajstić information content (AvgIpc) is 3.34. The van der Waals surface area contributed by atoms with Crippen molar-refractivity contribution in [3.8, 4) is 0 Å². The summed E-state index contributed by atoms with van der Waals surface area (Å²) in [5, 5.41) is 2.77. The number of hydrogen-bond acceptors (Lipinski definition) is 5. The number of nitrogens with zero attached hydrogens (tertiary/aromatic N) is 2. The maximum Gasteiger partial charge on any atom is 0.246 e. The van der Waals surface area contributed by atoms with Crippen molar-refractivity contribution in [3.05, 3.63) is 18.2 Å². The highest BCUT2D eigenvalue weighted by molar-refractivity contribution is 5.94. The third-order valence-electron chi connectivity index (χ3n) is 5.07. The molecule has 3 amide bonds. The maximum atomic E-state index is 13.0. The van der Waals surface area contributed by atoms with E-state index in [1.54, 1.807) is 6.20 Å². The number of ketones is 1. The van der Waals surface area contributed by atoms with Crippen molar-refractivity contribution in [3.63, 3.8) is 0 Å². The van der Waals surface area contributed by atoms with Crippen molar-refractivity contribution < 1.29 is 19.2 Å². The largest absolute Gasteiger partial charge is 0.368 e. The molecule has 0 radical (unpaired) electrons. The fourth-order valence-corrected chi connectivity index (χ4v) is 3.67. The van der Waals surface area contributed by atoms with Crippen LogP contribution in [0.25, 0.3) is 0 Å². The SMILES string of the molecule is NC(=O)C1CCCN1C(=O)C(Cc1cnc[nH]1)NC(=O)C1CCC(=O)C1. The van der Waals surface area contributed by atoms with E-state index in [4.69, 9.17) is 5.73 Å². The standard InChI is InChI=1S/C17H23N5O4/c18-15(24)14-2-1-5-22(14)17(26)13(7-11-8-19-9-20-11)21-16(25)10-3-4-12(23)6-10/h8-10,13-14H,1-7H2,(H2,18,24)(H,19,20)(H,21,25). The molecule has 1 aromatic rings. The summed E-state index contributed by atoms with van der Waals surface area (Å²) in [7, 11) is 0. The summed E-state index contributed by atoms with van der Waals surface area (Å²) in [5.74, 6) is -1.51. The van der Waals surface area contributed by atoms with Gasteiger partial charge in [0.25, 0.3) is 0 Å². The van der Waals surface area contributed by atoms with Gasteiger partial charge in [-0.3, -0.25) is 19.2 Å². The van der Waals surface area contributed by atoms with Crippen LogP contribution in [0, 0.1) is 5.92 Å². The highest BCUT2D eigenvalue weighted by Gasteiger charge is 2.38. The van der Waals surface area contributed by atoms with Gasteiger partial charge in [-0.25, -0.2) is 4.98 Å². The zero-order valence-corrected chi connectivity index (χ0v) is 14.4. The summed E-state index contributed by atoms with van der Waals surface area (Å²) in [6, 6.07) is -1.48. The molecule has 9 nitrogen and oxygen atoms in total. The van der Waals surface area contributed by atoms with Crippen molar-refractivity contribution in [1.29, 1.82) is 0 Å². The minimum absolute atomic E-state index is 0.0647. The molecule has 2 heterocycles. The van der Waals surface area contributed by atoms with Crippen LogP contribution < -0.4 is 11.1 Å². The number of primary amides is 1. The van der Waals surface area contributed by atoms with E-state index in [1.807, 2.05) is 0 Å². The molecule has 1 aliphatic heterocycles. The molecule has 9 heteroatoms. The maximum absolute atomic E-state index is 13.0. The first kappa shape index (κ1) is 18.1. The van der Waals surface area contributed by atoms with Gasteiger partial charge in [0.1, 0.15) is 17.9 Å². The highest BCUT2D eigenvalue weighted by Crippen LogP contribution is 2.23. The first-order valence-corrected chi connectivity index (χ1v) is 8.85. The van der Waals surface area contributed by atoms with Gasteiger partial charge < -0.3 is 20.9 Å². The number of aromatic amines is 1. The number of amides is 3. The molecule has 4 N–H and O–H groups in total. The first-order chi connectivity index (χ1) is 12.5. The molecule has 3 rings (SSSR count). The van der Waals surface area contributed by atoms with Crippen LogP contribution in [0.4, 0.5) is 0 Å². The van der Waals surface area contributed by atoms with E-state index < -0.39 is 23.9 Å². The third kappa shape index (κ3) is 3.92. The Kier molecular flexibility index (Phi) is 5.34. The second-order valence-electron chi connectivity index (χ2n) is 6.91. The summed E-state index contributed by atoms with van der Waals surface area (Å²) in [5.41, 5.74) is 6.10. The van der Waals surface area contributed by atoms with Crippen molar-refractivity contribution in [2.24, 2.45) is 11.7 Å². The van der Waals surface area contributed by atoms with Crippen LogP contribution >= 0.6 is 0 Å². The zero-order chi connectivity index (χ0) is 18.7. The van der Waals surface area contributed by atoms with Gasteiger partial charge in [0.2, 0.25) is 17.7 Å². The Labute approximate surface area is 150 Å². The van der Waals surface area contributed by atoms with Gasteiger partial charge in [-0.1, -0.05) is 0 Å². The lowest BCUT2D eigenvalue weighted by Crippen LogP contribution is -2.54. The molecule has 1 saturated heterocycles. The Morgan fingerprint density at radius 3 is 2.81 bits per heavy atom. The number of carbonyl (C=O) groups is 4. The van der Waals surface area contributed by atoms with Gasteiger partial charge in [0.15, 0.2) is 0 Å². The average molecular weight is 361 g/mol. The number of nitrogens with two attached hydrogens (primary N) is 1. The van der Waals surface area contributed by atoms with Crippen molar-refractivity contribution >= 4 is 23.5 Å². The van der Waals surface area contributed by atoms with E-state index in [1.165, 1.54) is 11.2 Å². The lowest BCUT2D eigenvalue weighted by molar-refractivity contribution is -0.141. The van der Waals surface area contributed by atoms with Crippen molar-refractivity contribution in [2.45, 2.75) is 50.6 Å². The molecule has 1 saturated carbocycles. The normalized spacial score (nSPS) is 23.8.